The molecule has 1 aliphatic rings. The van der Waals surface area contributed by atoms with Crippen LogP contribution in [-0.4, -0.2) is 28.4 Å². The lowest BCUT2D eigenvalue weighted by Gasteiger charge is -2.29. The van der Waals surface area contributed by atoms with E-state index >= 15 is 0 Å². The van der Waals surface area contributed by atoms with Crippen molar-refractivity contribution in [3.8, 4) is 0 Å². The summed E-state index contributed by atoms with van der Waals surface area (Å²) >= 11 is 0. The molecule has 24 heavy (non-hydrogen) atoms. The quantitative estimate of drug-likeness (QED) is 0.937. The van der Waals surface area contributed by atoms with Gasteiger partial charge >= 0.3 is 5.97 Å². The molecule has 0 unspecified atom stereocenters. The average molecular weight is 327 g/mol. The normalized spacial score (nSPS) is 14.6. The van der Waals surface area contributed by atoms with Crippen molar-refractivity contribution in [3.05, 3.63) is 58.5 Å². The SMILES string of the molecule is CC(C)(C)c1ccc2c(c1)C(=O)N(Cc1ccc(C(=O)O)o1)CC2. The summed E-state index contributed by atoms with van der Waals surface area (Å²) in [5.41, 5.74) is 2.91. The fourth-order valence-electron chi connectivity index (χ4n) is 2.90. The van der Waals surface area contributed by atoms with Crippen LogP contribution in [0.4, 0.5) is 0 Å². The highest BCUT2D eigenvalue weighted by atomic mass is 16.4. The number of carbonyl (C=O) groups excluding carboxylic acids is 1. The summed E-state index contributed by atoms with van der Waals surface area (Å²) in [6.45, 7) is 7.25. The molecule has 0 radical (unpaired) electrons. The third-order valence-electron chi connectivity index (χ3n) is 4.36. The van der Waals surface area contributed by atoms with Crippen molar-refractivity contribution in [1.29, 1.82) is 0 Å². The van der Waals surface area contributed by atoms with Crippen LogP contribution in [0.2, 0.25) is 0 Å². The van der Waals surface area contributed by atoms with Gasteiger partial charge < -0.3 is 14.4 Å². The first kappa shape index (κ1) is 16.3. The Hall–Kier alpha value is -2.56. The molecule has 0 atom stereocenters. The smallest absolute Gasteiger partial charge is 0.371 e. The first-order chi connectivity index (χ1) is 11.3. The van der Waals surface area contributed by atoms with E-state index in [-0.39, 0.29) is 23.6 Å². The summed E-state index contributed by atoms with van der Waals surface area (Å²) in [5, 5.41) is 8.92. The maximum Gasteiger partial charge on any atom is 0.371 e. The zero-order chi connectivity index (χ0) is 17.5. The molecule has 3 rings (SSSR count). The van der Waals surface area contributed by atoms with E-state index in [1.807, 2.05) is 12.1 Å². The second-order valence-electron chi connectivity index (χ2n) is 7.17. The van der Waals surface area contributed by atoms with E-state index < -0.39 is 5.97 Å². The van der Waals surface area contributed by atoms with Crippen LogP contribution in [-0.2, 0) is 18.4 Å². The lowest BCUT2D eigenvalue weighted by atomic mass is 9.84. The van der Waals surface area contributed by atoms with Gasteiger partial charge in [-0.1, -0.05) is 32.9 Å². The van der Waals surface area contributed by atoms with Gasteiger partial charge in [0.05, 0.1) is 6.54 Å². The monoisotopic (exact) mass is 327 g/mol. The lowest BCUT2D eigenvalue weighted by Crippen LogP contribution is -2.37. The number of nitrogens with zero attached hydrogens (tertiary/aromatic N) is 1. The number of rotatable bonds is 3. The molecule has 1 N–H and O–H groups in total. The van der Waals surface area contributed by atoms with E-state index in [0.29, 0.717) is 12.3 Å². The van der Waals surface area contributed by atoms with E-state index in [2.05, 4.69) is 26.8 Å². The van der Waals surface area contributed by atoms with E-state index in [1.54, 1.807) is 11.0 Å². The fourth-order valence-corrected chi connectivity index (χ4v) is 2.90. The standard InChI is InChI=1S/C19H21NO4/c1-19(2,3)13-5-4-12-8-9-20(17(21)15(12)10-13)11-14-6-7-16(24-14)18(22)23/h4-7,10H,8-9,11H2,1-3H3,(H,22,23). The van der Waals surface area contributed by atoms with Crippen LogP contribution in [0, 0.1) is 0 Å². The summed E-state index contributed by atoms with van der Waals surface area (Å²) < 4.78 is 5.27. The number of carboxylic acids is 1. The van der Waals surface area contributed by atoms with Gasteiger partial charge in [0.1, 0.15) is 5.76 Å². The molecule has 0 spiro atoms. The molecular formula is C19H21NO4. The molecule has 0 aliphatic carbocycles. The Morgan fingerprint density at radius 2 is 2.00 bits per heavy atom. The molecule has 5 heteroatoms. The Kier molecular flexibility index (Phi) is 3.95. The van der Waals surface area contributed by atoms with Gasteiger partial charge in [0.25, 0.3) is 5.91 Å². The van der Waals surface area contributed by atoms with Crippen molar-refractivity contribution in [2.24, 2.45) is 0 Å². The number of hydrogen-bond donors (Lipinski definition) is 1. The number of amides is 1. The number of furan rings is 1. The van der Waals surface area contributed by atoms with Crippen molar-refractivity contribution in [2.45, 2.75) is 39.2 Å². The number of benzene rings is 1. The van der Waals surface area contributed by atoms with E-state index in [9.17, 15) is 9.59 Å². The van der Waals surface area contributed by atoms with Crippen LogP contribution in [0.15, 0.2) is 34.7 Å². The van der Waals surface area contributed by atoms with Gasteiger partial charge in [0.2, 0.25) is 5.76 Å². The Balaban J connectivity index is 1.84. The van der Waals surface area contributed by atoms with Gasteiger partial charge in [0, 0.05) is 12.1 Å². The van der Waals surface area contributed by atoms with Gasteiger partial charge in [-0.15, -0.1) is 0 Å². The van der Waals surface area contributed by atoms with Crippen LogP contribution in [0.1, 0.15) is 58.6 Å². The maximum atomic E-state index is 12.8. The zero-order valence-electron chi connectivity index (χ0n) is 14.1. The summed E-state index contributed by atoms with van der Waals surface area (Å²) in [6, 6.07) is 9.14. The van der Waals surface area contributed by atoms with E-state index in [0.717, 1.165) is 23.1 Å². The predicted molar refractivity (Wildman–Crippen MR) is 89.3 cm³/mol. The van der Waals surface area contributed by atoms with Crippen molar-refractivity contribution >= 4 is 11.9 Å². The van der Waals surface area contributed by atoms with Crippen LogP contribution in [0.3, 0.4) is 0 Å². The molecule has 1 aromatic carbocycles. The third kappa shape index (κ3) is 3.07. The molecule has 2 heterocycles. The first-order valence-electron chi connectivity index (χ1n) is 8.00. The molecule has 1 aromatic heterocycles. The lowest BCUT2D eigenvalue weighted by molar-refractivity contribution is 0.0655. The van der Waals surface area contributed by atoms with Crippen LogP contribution in [0.25, 0.3) is 0 Å². The van der Waals surface area contributed by atoms with Crippen molar-refractivity contribution < 1.29 is 19.1 Å². The van der Waals surface area contributed by atoms with Gasteiger partial charge in [-0.2, -0.15) is 0 Å². The highest BCUT2D eigenvalue weighted by Gasteiger charge is 2.27. The van der Waals surface area contributed by atoms with E-state index in [1.165, 1.54) is 6.07 Å². The Morgan fingerprint density at radius 1 is 1.25 bits per heavy atom. The summed E-state index contributed by atoms with van der Waals surface area (Å²) in [6.07, 6.45) is 0.790. The van der Waals surface area contributed by atoms with Crippen LogP contribution < -0.4 is 0 Å². The summed E-state index contributed by atoms with van der Waals surface area (Å²) in [7, 11) is 0. The van der Waals surface area contributed by atoms with E-state index in [4.69, 9.17) is 9.52 Å². The Labute approximate surface area is 140 Å². The highest BCUT2D eigenvalue weighted by molar-refractivity contribution is 5.97. The number of hydrogen-bond acceptors (Lipinski definition) is 3. The minimum Gasteiger partial charge on any atom is -0.475 e. The van der Waals surface area contributed by atoms with Gasteiger partial charge in [-0.05, 0) is 41.2 Å². The van der Waals surface area contributed by atoms with Crippen LogP contribution in [0.5, 0.6) is 0 Å². The van der Waals surface area contributed by atoms with Gasteiger partial charge in [-0.3, -0.25) is 4.79 Å². The molecule has 1 amide bonds. The Bertz CT molecular complexity index is 798. The first-order valence-corrected chi connectivity index (χ1v) is 8.00. The molecule has 0 bridgehead atoms. The van der Waals surface area contributed by atoms with Crippen molar-refractivity contribution in [1.82, 2.24) is 4.90 Å². The second-order valence-corrected chi connectivity index (χ2v) is 7.17. The number of aromatic carboxylic acids is 1. The number of carboxylic acid groups (broad SMARTS) is 1. The molecular weight excluding hydrogens is 306 g/mol. The molecule has 2 aromatic rings. The maximum absolute atomic E-state index is 12.8. The molecule has 1 aliphatic heterocycles. The molecule has 0 saturated carbocycles. The van der Waals surface area contributed by atoms with Crippen molar-refractivity contribution in [3.63, 3.8) is 0 Å². The zero-order valence-corrected chi connectivity index (χ0v) is 14.1. The van der Waals surface area contributed by atoms with Crippen LogP contribution >= 0.6 is 0 Å². The Morgan fingerprint density at radius 3 is 2.62 bits per heavy atom. The molecule has 5 nitrogen and oxygen atoms in total. The number of fused-ring (bicyclic) bond motifs is 1. The van der Waals surface area contributed by atoms with Gasteiger partial charge in [0.15, 0.2) is 0 Å². The molecule has 126 valence electrons. The highest BCUT2D eigenvalue weighted by Crippen LogP contribution is 2.28. The largest absolute Gasteiger partial charge is 0.475 e. The van der Waals surface area contributed by atoms with Crippen molar-refractivity contribution in [2.75, 3.05) is 6.54 Å². The summed E-state index contributed by atoms with van der Waals surface area (Å²) in [4.78, 5) is 25.4. The average Bonchev–Trinajstić information content (AvgIpc) is 2.98. The van der Waals surface area contributed by atoms with Gasteiger partial charge in [-0.25, -0.2) is 4.79 Å². The number of carbonyl (C=O) groups is 2. The topological polar surface area (TPSA) is 70.8 Å². The fraction of sp³-hybridized carbons (Fsp3) is 0.368. The molecule has 0 fully saturated rings. The molecule has 0 saturated heterocycles. The summed E-state index contributed by atoms with van der Waals surface area (Å²) in [5.74, 6) is -0.761. The minimum atomic E-state index is -1.11. The second kappa shape index (κ2) is 5.82. The minimum absolute atomic E-state index is 0.0189. The predicted octanol–water partition coefficient (Wildman–Crippen LogP) is 3.47. The third-order valence-corrected chi connectivity index (χ3v) is 4.36.